The Morgan fingerprint density at radius 2 is 1.83 bits per heavy atom. The molecule has 14 heteroatoms. The summed E-state index contributed by atoms with van der Waals surface area (Å²) in [5.74, 6) is -0.0130. The number of carbonyl (C=O) groups excluding carboxylic acids is 4. The molecule has 2 aliphatic carbocycles. The van der Waals surface area contributed by atoms with Gasteiger partial charge < -0.3 is 39.2 Å². The molecule has 14 nitrogen and oxygen atoms in total. The van der Waals surface area contributed by atoms with Gasteiger partial charge in [0.25, 0.3) is 0 Å². The lowest BCUT2D eigenvalue weighted by Crippen LogP contribution is -2.56. The summed E-state index contributed by atoms with van der Waals surface area (Å²) in [6, 6.07) is 6.06. The fraction of sp³-hybridized carbons (Fsp3) is 0.659. The first-order chi connectivity index (χ1) is 28.3. The molecule has 3 amide bonds. The van der Waals surface area contributed by atoms with E-state index < -0.39 is 41.7 Å². The number of morpholine rings is 1. The first-order valence-electron chi connectivity index (χ1n) is 21.8. The Balaban J connectivity index is 1.13. The molecule has 2 N–H and O–H groups in total. The van der Waals surface area contributed by atoms with Gasteiger partial charge in [-0.05, 0) is 76.3 Å². The third-order valence-corrected chi connectivity index (χ3v) is 12.7. The van der Waals surface area contributed by atoms with E-state index in [9.17, 15) is 19.2 Å². The molecule has 8 rings (SSSR count). The monoisotopic (exact) mass is 801 g/mol. The van der Waals surface area contributed by atoms with Crippen molar-refractivity contribution in [2.45, 2.75) is 120 Å². The van der Waals surface area contributed by atoms with E-state index in [-0.39, 0.29) is 37.5 Å². The number of hydrogen-bond donors (Lipinski definition) is 2. The SMILES string of the molecule is CCOC(=O)[C@@]12C[C@H]1/C=C\CCCCC[C@@H]1NC(=O)O[C@@H]3C[C@H]3CCCCCc3c(nc4ccccc4c3OCCN3CCOCC3)O[C@@H]3C[C@@H](C(=O)N2)N(C3)C1=O. The van der Waals surface area contributed by atoms with Crippen LogP contribution >= 0.6 is 0 Å². The molecule has 3 bridgehead atoms. The highest BCUT2D eigenvalue weighted by Gasteiger charge is 2.62. The molecule has 5 heterocycles. The molecule has 1 aromatic carbocycles. The summed E-state index contributed by atoms with van der Waals surface area (Å²) in [6.45, 7) is 6.42. The van der Waals surface area contributed by atoms with Crippen LogP contribution < -0.4 is 20.1 Å². The van der Waals surface area contributed by atoms with Gasteiger partial charge in [0, 0.05) is 37.4 Å². The average Bonchev–Trinajstić information content (AvgIpc) is 4.09. The summed E-state index contributed by atoms with van der Waals surface area (Å²) in [5.41, 5.74) is 0.416. The van der Waals surface area contributed by atoms with Crippen LogP contribution in [0.3, 0.4) is 0 Å². The largest absolute Gasteiger partial charge is 0.491 e. The molecular formula is C44H59N5O9. The van der Waals surface area contributed by atoms with Crippen molar-refractivity contribution in [2.75, 3.05) is 52.6 Å². The van der Waals surface area contributed by atoms with Gasteiger partial charge in [0.1, 0.15) is 42.2 Å². The van der Waals surface area contributed by atoms with E-state index in [1.807, 2.05) is 30.3 Å². The number of para-hydroxylation sites is 1. The fourth-order valence-corrected chi connectivity index (χ4v) is 9.20. The number of esters is 1. The normalized spacial score (nSPS) is 31.6. The van der Waals surface area contributed by atoms with Crippen LogP contribution in [0.15, 0.2) is 36.4 Å². The third-order valence-electron chi connectivity index (χ3n) is 12.7. The highest BCUT2D eigenvalue weighted by molar-refractivity contribution is 5.96. The molecule has 7 atom stereocenters. The van der Waals surface area contributed by atoms with Gasteiger partial charge in [-0.3, -0.25) is 14.5 Å². The molecule has 2 saturated carbocycles. The second-order valence-electron chi connectivity index (χ2n) is 16.8. The predicted molar refractivity (Wildman–Crippen MR) is 214 cm³/mol. The number of rotatable bonds is 6. The molecular weight excluding hydrogens is 743 g/mol. The third kappa shape index (κ3) is 9.22. The minimum Gasteiger partial charge on any atom is -0.491 e. The van der Waals surface area contributed by atoms with Gasteiger partial charge in [0.05, 0.1) is 37.4 Å². The number of benzene rings is 1. The molecule has 58 heavy (non-hydrogen) atoms. The Bertz CT molecular complexity index is 1850. The van der Waals surface area contributed by atoms with E-state index in [0.29, 0.717) is 57.3 Å². The Morgan fingerprint density at radius 1 is 1.00 bits per heavy atom. The summed E-state index contributed by atoms with van der Waals surface area (Å²) in [4.78, 5) is 64.9. The zero-order chi connectivity index (χ0) is 40.1. The number of ether oxygens (including phenoxy) is 5. The second-order valence-corrected chi connectivity index (χ2v) is 16.8. The number of fused-ring (bicyclic) bond motifs is 6. The minimum atomic E-state index is -1.20. The number of hydrogen-bond acceptors (Lipinski definition) is 11. The van der Waals surface area contributed by atoms with Gasteiger partial charge in [-0.15, -0.1) is 0 Å². The number of amides is 3. The quantitative estimate of drug-likeness (QED) is 0.304. The lowest BCUT2D eigenvalue weighted by atomic mass is 10.0. The van der Waals surface area contributed by atoms with Crippen LogP contribution in [0.5, 0.6) is 11.6 Å². The summed E-state index contributed by atoms with van der Waals surface area (Å²) in [6.07, 6.45) is 12.2. The summed E-state index contributed by atoms with van der Waals surface area (Å²) < 4.78 is 30.4. The molecule has 0 spiro atoms. The first kappa shape index (κ1) is 40.4. The van der Waals surface area contributed by atoms with E-state index >= 15 is 0 Å². The Kier molecular flexibility index (Phi) is 12.7. The Labute approximate surface area is 340 Å². The lowest BCUT2D eigenvalue weighted by Gasteiger charge is -2.29. The molecule has 4 aliphatic heterocycles. The van der Waals surface area contributed by atoms with Gasteiger partial charge >= 0.3 is 12.1 Å². The van der Waals surface area contributed by atoms with Crippen molar-refractivity contribution in [1.82, 2.24) is 25.4 Å². The zero-order valence-corrected chi connectivity index (χ0v) is 33.8. The van der Waals surface area contributed by atoms with Crippen molar-refractivity contribution < 1.29 is 42.9 Å². The number of nitrogens with zero attached hydrogens (tertiary/aromatic N) is 3. The van der Waals surface area contributed by atoms with Crippen molar-refractivity contribution in [2.24, 2.45) is 11.8 Å². The van der Waals surface area contributed by atoms with Gasteiger partial charge in [-0.1, -0.05) is 50.0 Å². The number of pyridine rings is 1. The Morgan fingerprint density at radius 3 is 2.69 bits per heavy atom. The van der Waals surface area contributed by atoms with Crippen LogP contribution in [-0.2, 0) is 35.0 Å². The van der Waals surface area contributed by atoms with E-state index in [0.717, 1.165) is 93.2 Å². The van der Waals surface area contributed by atoms with Gasteiger partial charge in [0.15, 0.2) is 0 Å². The minimum absolute atomic E-state index is 0.0890. The Hall–Kier alpha value is -4.43. The van der Waals surface area contributed by atoms with Crippen LogP contribution in [-0.4, -0.2) is 121 Å². The average molecular weight is 802 g/mol. The molecule has 1 aromatic heterocycles. The van der Waals surface area contributed by atoms with Crippen molar-refractivity contribution >= 4 is 34.8 Å². The second kappa shape index (κ2) is 18.2. The maximum absolute atomic E-state index is 14.7. The number of alkyl carbamates (subject to hydrolysis) is 1. The maximum Gasteiger partial charge on any atom is 0.408 e. The van der Waals surface area contributed by atoms with Crippen LogP contribution in [0, 0.1) is 11.8 Å². The standard InChI is InChI=1S/C44H59N5O9/c1-2-55-42(52)44-27-30(44)14-8-4-3-5-10-18-35-41(51)49-28-31(26-36(49)39(50)47-44)57-40-33(16-9-6-7-13-29-25-37(29)58-43(53)46-35)38(32-15-11-12-17-34(32)45-40)56-24-21-48-19-22-54-23-20-48/h8,11-12,14-15,17,29-31,35-37H,2-7,9-10,13,16,18-28H2,1H3,(H,46,53)(H,47,50)/b14-8-/t29-,30-,31-,35+,36+,37-,44-/m1/s1. The maximum atomic E-state index is 14.7. The van der Waals surface area contributed by atoms with Gasteiger partial charge in [-0.2, -0.15) is 0 Å². The van der Waals surface area contributed by atoms with Gasteiger partial charge in [0.2, 0.25) is 17.7 Å². The summed E-state index contributed by atoms with van der Waals surface area (Å²) in [5, 5.41) is 6.86. The van der Waals surface area contributed by atoms with E-state index in [1.54, 1.807) is 6.92 Å². The molecule has 314 valence electrons. The molecule has 0 unspecified atom stereocenters. The highest BCUT2D eigenvalue weighted by atomic mass is 16.6. The molecule has 6 aliphatic rings. The van der Waals surface area contributed by atoms with Crippen molar-refractivity contribution in [3.63, 3.8) is 0 Å². The highest BCUT2D eigenvalue weighted by Crippen LogP contribution is 2.46. The number of nitrogens with one attached hydrogen (secondary N) is 2. The number of carbonyl (C=O) groups is 4. The molecule has 4 fully saturated rings. The van der Waals surface area contributed by atoms with Crippen LogP contribution in [0.4, 0.5) is 4.79 Å². The summed E-state index contributed by atoms with van der Waals surface area (Å²) >= 11 is 0. The van der Waals surface area contributed by atoms with Crippen molar-refractivity contribution in [3.05, 3.63) is 42.0 Å². The summed E-state index contributed by atoms with van der Waals surface area (Å²) in [7, 11) is 0. The van der Waals surface area contributed by atoms with Crippen molar-refractivity contribution in [1.29, 1.82) is 0 Å². The number of aromatic nitrogens is 1. The van der Waals surface area contributed by atoms with E-state index in [1.165, 1.54) is 4.90 Å². The molecule has 2 aromatic rings. The van der Waals surface area contributed by atoms with Gasteiger partial charge in [-0.25, -0.2) is 14.6 Å². The molecule has 0 radical (unpaired) electrons. The van der Waals surface area contributed by atoms with Crippen LogP contribution in [0.1, 0.15) is 89.5 Å². The predicted octanol–water partition coefficient (Wildman–Crippen LogP) is 4.85. The topological polar surface area (TPSA) is 158 Å². The van der Waals surface area contributed by atoms with Crippen molar-refractivity contribution in [3.8, 4) is 11.6 Å². The lowest BCUT2D eigenvalue weighted by molar-refractivity contribution is -0.150. The first-order valence-corrected chi connectivity index (χ1v) is 21.8. The van der Waals surface area contributed by atoms with E-state index in [2.05, 4.69) is 21.6 Å². The molecule has 2 saturated heterocycles. The number of allylic oxidation sites excluding steroid dienone is 1. The van der Waals surface area contributed by atoms with Crippen LogP contribution in [0.25, 0.3) is 10.9 Å². The fourth-order valence-electron chi connectivity index (χ4n) is 9.20. The van der Waals surface area contributed by atoms with E-state index in [4.69, 9.17) is 28.7 Å². The van der Waals surface area contributed by atoms with Crippen LogP contribution in [0.2, 0.25) is 0 Å². The zero-order valence-electron chi connectivity index (χ0n) is 33.8. The smallest absolute Gasteiger partial charge is 0.408 e.